The van der Waals surface area contributed by atoms with E-state index in [1.54, 1.807) is 0 Å². The number of amides is 2. The van der Waals surface area contributed by atoms with E-state index < -0.39 is 5.97 Å². The molecular weight excluding hydrogens is 342 g/mol. The van der Waals surface area contributed by atoms with Gasteiger partial charge in [-0.2, -0.15) is 0 Å². The zero-order valence-electron chi connectivity index (χ0n) is 16.5. The number of carbonyl (C=O) groups is 2. The highest BCUT2D eigenvalue weighted by Crippen LogP contribution is 2.37. The van der Waals surface area contributed by atoms with Crippen molar-refractivity contribution in [1.29, 1.82) is 0 Å². The first-order valence-electron chi connectivity index (χ1n) is 10.00. The van der Waals surface area contributed by atoms with E-state index in [2.05, 4.69) is 43.4 Å². The van der Waals surface area contributed by atoms with Crippen LogP contribution >= 0.6 is 0 Å². The van der Waals surface area contributed by atoms with Crippen LogP contribution < -0.4 is 5.32 Å². The quantitative estimate of drug-likeness (QED) is 0.804. The van der Waals surface area contributed by atoms with Crippen molar-refractivity contribution in [2.24, 2.45) is 0 Å². The van der Waals surface area contributed by atoms with Crippen LogP contribution in [0.3, 0.4) is 0 Å². The van der Waals surface area contributed by atoms with Gasteiger partial charge in [0.25, 0.3) is 0 Å². The van der Waals surface area contributed by atoms with E-state index in [9.17, 15) is 9.59 Å². The lowest BCUT2D eigenvalue weighted by atomic mass is 9.85. The van der Waals surface area contributed by atoms with Gasteiger partial charge in [-0.25, -0.2) is 4.79 Å². The van der Waals surface area contributed by atoms with Gasteiger partial charge in [-0.05, 0) is 45.2 Å². The van der Waals surface area contributed by atoms with Gasteiger partial charge in [-0.3, -0.25) is 9.69 Å². The van der Waals surface area contributed by atoms with E-state index in [4.69, 9.17) is 5.11 Å². The van der Waals surface area contributed by atoms with E-state index in [1.165, 1.54) is 5.56 Å². The highest BCUT2D eigenvalue weighted by Gasteiger charge is 2.42. The standard InChI is InChI=1S/C21H31N3O3/c1-4-23(13-20(25)26)18-11-17(12-18)22-21(27)24-14(2)10-19(15(24)3)16-8-6-5-7-9-16/h5-9,14-15,17-19H,4,10-13H2,1-3H3,(H,22,27)(H,25,26). The molecule has 0 spiro atoms. The minimum absolute atomic E-state index is 0.0122. The fourth-order valence-electron chi connectivity index (χ4n) is 4.70. The molecule has 1 aliphatic carbocycles. The minimum atomic E-state index is -0.795. The van der Waals surface area contributed by atoms with Gasteiger partial charge in [-0.1, -0.05) is 37.3 Å². The summed E-state index contributed by atoms with van der Waals surface area (Å²) < 4.78 is 0. The number of likely N-dealkylation sites (tertiary alicyclic amines) is 1. The molecule has 1 saturated heterocycles. The summed E-state index contributed by atoms with van der Waals surface area (Å²) in [6.45, 7) is 7.02. The number of rotatable bonds is 6. The molecule has 6 heteroatoms. The van der Waals surface area contributed by atoms with Crippen molar-refractivity contribution >= 4 is 12.0 Å². The summed E-state index contributed by atoms with van der Waals surface area (Å²) in [6.07, 6.45) is 2.63. The monoisotopic (exact) mass is 373 g/mol. The Morgan fingerprint density at radius 2 is 1.85 bits per heavy atom. The van der Waals surface area contributed by atoms with E-state index >= 15 is 0 Å². The van der Waals surface area contributed by atoms with E-state index in [-0.39, 0.29) is 36.7 Å². The van der Waals surface area contributed by atoms with Crippen LogP contribution in [0.1, 0.15) is 51.5 Å². The summed E-state index contributed by atoms with van der Waals surface area (Å²) in [6, 6.07) is 11.2. The smallest absolute Gasteiger partial charge is 0.318 e. The van der Waals surface area contributed by atoms with Crippen LogP contribution in [0.25, 0.3) is 0 Å². The summed E-state index contributed by atoms with van der Waals surface area (Å²) in [5, 5.41) is 12.2. The lowest BCUT2D eigenvalue weighted by Gasteiger charge is -2.43. The first-order valence-corrected chi connectivity index (χ1v) is 10.00. The molecule has 1 aromatic carbocycles. The van der Waals surface area contributed by atoms with Gasteiger partial charge in [0.05, 0.1) is 6.54 Å². The number of likely N-dealkylation sites (N-methyl/N-ethyl adjacent to an activating group) is 1. The van der Waals surface area contributed by atoms with E-state index in [0.717, 1.165) is 25.8 Å². The average Bonchev–Trinajstić information content (AvgIpc) is 2.91. The van der Waals surface area contributed by atoms with Crippen molar-refractivity contribution in [3.8, 4) is 0 Å². The number of hydrogen-bond donors (Lipinski definition) is 2. The molecular formula is C21H31N3O3. The third-order valence-corrected chi connectivity index (χ3v) is 6.25. The SMILES string of the molecule is CCN(CC(=O)O)C1CC(NC(=O)N2C(C)CC(c3ccccc3)C2C)C1. The third kappa shape index (κ3) is 4.26. The molecule has 1 aliphatic heterocycles. The summed E-state index contributed by atoms with van der Waals surface area (Å²) in [7, 11) is 0. The topological polar surface area (TPSA) is 72.9 Å². The van der Waals surface area contributed by atoms with Crippen LogP contribution in [0.15, 0.2) is 30.3 Å². The van der Waals surface area contributed by atoms with Crippen molar-refractivity contribution in [2.75, 3.05) is 13.1 Å². The number of carboxylic acids is 1. The summed E-state index contributed by atoms with van der Waals surface area (Å²) in [4.78, 5) is 27.8. The predicted molar refractivity (Wildman–Crippen MR) is 105 cm³/mol. The third-order valence-electron chi connectivity index (χ3n) is 6.25. The molecule has 6 nitrogen and oxygen atoms in total. The Morgan fingerprint density at radius 1 is 1.19 bits per heavy atom. The number of benzene rings is 1. The molecule has 27 heavy (non-hydrogen) atoms. The first-order chi connectivity index (χ1) is 12.9. The maximum Gasteiger partial charge on any atom is 0.318 e. The Hall–Kier alpha value is -2.08. The van der Waals surface area contributed by atoms with Crippen LogP contribution in [0.4, 0.5) is 4.79 Å². The fraction of sp³-hybridized carbons (Fsp3) is 0.619. The molecule has 0 bridgehead atoms. The highest BCUT2D eigenvalue weighted by atomic mass is 16.4. The Labute approximate surface area is 161 Å². The normalized spacial score (nSPS) is 30.2. The molecule has 2 amide bonds. The second-order valence-corrected chi connectivity index (χ2v) is 7.98. The number of urea groups is 1. The Kier molecular flexibility index (Phi) is 6.05. The summed E-state index contributed by atoms with van der Waals surface area (Å²) >= 11 is 0. The molecule has 1 aromatic rings. The van der Waals surface area contributed by atoms with Gasteiger partial charge < -0.3 is 15.3 Å². The molecule has 1 saturated carbocycles. The van der Waals surface area contributed by atoms with Crippen LogP contribution in [-0.2, 0) is 4.79 Å². The number of nitrogens with one attached hydrogen (secondary N) is 1. The van der Waals surface area contributed by atoms with Crippen molar-refractivity contribution in [1.82, 2.24) is 15.1 Å². The molecule has 3 atom stereocenters. The van der Waals surface area contributed by atoms with Gasteiger partial charge in [0.15, 0.2) is 0 Å². The zero-order chi connectivity index (χ0) is 19.6. The minimum Gasteiger partial charge on any atom is -0.480 e. The first kappa shape index (κ1) is 19.7. The number of hydrogen-bond acceptors (Lipinski definition) is 3. The van der Waals surface area contributed by atoms with Gasteiger partial charge >= 0.3 is 12.0 Å². The van der Waals surface area contributed by atoms with Crippen LogP contribution in [0.2, 0.25) is 0 Å². The van der Waals surface area contributed by atoms with Gasteiger partial charge in [-0.15, -0.1) is 0 Å². The molecule has 148 valence electrons. The largest absolute Gasteiger partial charge is 0.480 e. The Balaban J connectivity index is 1.54. The maximum atomic E-state index is 12.9. The van der Waals surface area contributed by atoms with Gasteiger partial charge in [0.2, 0.25) is 0 Å². The van der Waals surface area contributed by atoms with E-state index in [0.29, 0.717) is 5.92 Å². The van der Waals surface area contributed by atoms with Crippen LogP contribution in [0, 0.1) is 0 Å². The molecule has 3 rings (SSSR count). The van der Waals surface area contributed by atoms with Crippen molar-refractivity contribution < 1.29 is 14.7 Å². The number of nitrogens with zero attached hydrogens (tertiary/aromatic N) is 2. The van der Waals surface area contributed by atoms with Gasteiger partial charge in [0.1, 0.15) is 0 Å². The maximum absolute atomic E-state index is 12.9. The number of aliphatic carboxylic acids is 1. The van der Waals surface area contributed by atoms with Crippen molar-refractivity contribution in [3.05, 3.63) is 35.9 Å². The Bertz CT molecular complexity index is 660. The van der Waals surface area contributed by atoms with Crippen LogP contribution in [-0.4, -0.2) is 64.2 Å². The number of carboxylic acid groups (broad SMARTS) is 1. The van der Waals surface area contributed by atoms with E-state index in [1.807, 2.05) is 22.8 Å². The van der Waals surface area contributed by atoms with Crippen molar-refractivity contribution in [3.63, 3.8) is 0 Å². The molecule has 2 fully saturated rings. The van der Waals surface area contributed by atoms with Crippen molar-refractivity contribution in [2.45, 2.75) is 70.1 Å². The molecule has 1 heterocycles. The second kappa shape index (κ2) is 8.30. The second-order valence-electron chi connectivity index (χ2n) is 7.98. The molecule has 2 N–H and O–H groups in total. The average molecular weight is 373 g/mol. The molecule has 2 aliphatic rings. The lowest BCUT2D eigenvalue weighted by molar-refractivity contribution is -0.139. The van der Waals surface area contributed by atoms with Crippen LogP contribution in [0.5, 0.6) is 0 Å². The predicted octanol–water partition coefficient (Wildman–Crippen LogP) is 2.90. The number of carbonyl (C=O) groups excluding carboxylic acids is 1. The molecule has 0 radical (unpaired) electrons. The highest BCUT2D eigenvalue weighted by molar-refractivity contribution is 5.76. The Morgan fingerprint density at radius 3 is 2.44 bits per heavy atom. The van der Waals surface area contributed by atoms with Gasteiger partial charge in [0, 0.05) is 30.1 Å². The summed E-state index contributed by atoms with van der Waals surface area (Å²) in [5.41, 5.74) is 1.29. The molecule has 3 unspecified atom stereocenters. The summed E-state index contributed by atoms with van der Waals surface area (Å²) in [5.74, 6) is -0.428. The lowest BCUT2D eigenvalue weighted by Crippen LogP contribution is -2.57. The fourth-order valence-corrected chi connectivity index (χ4v) is 4.70. The molecule has 0 aromatic heterocycles. The zero-order valence-corrected chi connectivity index (χ0v) is 16.5.